The van der Waals surface area contributed by atoms with Crippen molar-refractivity contribution in [3.8, 4) is 0 Å². The fourth-order valence-electron chi connectivity index (χ4n) is 3.80. The van der Waals surface area contributed by atoms with Gasteiger partial charge in [-0.15, -0.1) is 0 Å². The minimum Gasteiger partial charge on any atom is -0.155 e. The van der Waals surface area contributed by atoms with E-state index in [9.17, 15) is 0 Å². The van der Waals surface area contributed by atoms with E-state index in [4.69, 9.17) is 0 Å². The van der Waals surface area contributed by atoms with Crippen LogP contribution in [0.5, 0.6) is 0 Å². The normalized spacial score (nSPS) is 22.9. The smallest absolute Gasteiger partial charge is 0.0642 e. The third kappa shape index (κ3) is 6.52. The van der Waals surface area contributed by atoms with Gasteiger partial charge in [0, 0.05) is 11.2 Å². The zero-order valence-corrected chi connectivity index (χ0v) is 16.5. The van der Waals surface area contributed by atoms with Crippen LogP contribution in [-0.2, 0) is 12.8 Å². The van der Waals surface area contributed by atoms with Crippen molar-refractivity contribution >= 4 is 15.9 Å². The highest BCUT2D eigenvalue weighted by molar-refractivity contribution is 9.09. The Hall–Kier alpha value is -0.440. The first-order valence-electron chi connectivity index (χ1n) is 9.68. The number of hydrogen-bond acceptors (Lipinski definition) is 2. The third-order valence-corrected chi connectivity index (χ3v) is 6.39. The summed E-state index contributed by atoms with van der Waals surface area (Å²) in [4.78, 5) is 0.560. The van der Waals surface area contributed by atoms with E-state index in [0.29, 0.717) is 4.83 Å². The van der Waals surface area contributed by atoms with Crippen LogP contribution in [0, 0.1) is 11.8 Å². The summed E-state index contributed by atoms with van der Waals surface area (Å²) < 4.78 is 0. The lowest BCUT2D eigenvalue weighted by Gasteiger charge is -2.31. The van der Waals surface area contributed by atoms with Gasteiger partial charge in [0.2, 0.25) is 0 Å². The molecule has 23 heavy (non-hydrogen) atoms. The second-order valence-corrected chi connectivity index (χ2v) is 8.44. The second kappa shape index (κ2) is 10.4. The van der Waals surface area contributed by atoms with Crippen molar-refractivity contribution in [2.24, 2.45) is 11.8 Å². The maximum absolute atomic E-state index is 4.46. The van der Waals surface area contributed by atoms with Gasteiger partial charge >= 0.3 is 0 Å². The van der Waals surface area contributed by atoms with Crippen LogP contribution in [-0.4, -0.2) is 15.0 Å². The summed E-state index contributed by atoms with van der Waals surface area (Å²) in [7, 11) is 0. The lowest BCUT2D eigenvalue weighted by molar-refractivity contribution is 0.258. The quantitative estimate of drug-likeness (QED) is 0.380. The molecule has 1 aliphatic carbocycles. The summed E-state index contributed by atoms with van der Waals surface area (Å²) in [5.41, 5.74) is 2.29. The number of aryl methyl sites for hydroxylation is 1. The Labute approximate surface area is 151 Å². The van der Waals surface area contributed by atoms with Gasteiger partial charge in [-0.3, -0.25) is 0 Å². The number of nitrogens with zero attached hydrogens (tertiary/aromatic N) is 2. The predicted octanol–water partition coefficient (Wildman–Crippen LogP) is 6.12. The molecule has 0 saturated heterocycles. The maximum Gasteiger partial charge on any atom is 0.0642 e. The van der Waals surface area contributed by atoms with Crippen LogP contribution >= 0.6 is 15.9 Å². The maximum atomic E-state index is 4.46. The number of unbranched alkanes of at least 4 members (excludes halogenated alkanes) is 2. The van der Waals surface area contributed by atoms with E-state index in [2.05, 4.69) is 52.1 Å². The molecule has 0 amide bonds. The number of alkyl halides is 1. The number of aromatic nitrogens is 2. The molecule has 2 rings (SSSR count). The molecule has 0 aromatic carbocycles. The molecule has 1 heterocycles. The van der Waals surface area contributed by atoms with Crippen molar-refractivity contribution in [2.75, 3.05) is 0 Å². The largest absolute Gasteiger partial charge is 0.155 e. The standard InChI is InChI=1S/C20H33BrN2/c1-3-5-6-8-18-13-14-19(23-22-18)15-20(21)17-11-9-16(7-4-2)10-12-17/h13-14,16-17,20H,3-12,15H2,1-2H3. The molecular formula is C20H33BrN2. The van der Waals surface area contributed by atoms with Gasteiger partial charge in [0.25, 0.3) is 0 Å². The van der Waals surface area contributed by atoms with Crippen LogP contribution in [0.15, 0.2) is 12.1 Å². The van der Waals surface area contributed by atoms with Crippen molar-refractivity contribution in [1.29, 1.82) is 0 Å². The van der Waals surface area contributed by atoms with Gasteiger partial charge in [0.05, 0.1) is 11.4 Å². The zero-order valence-electron chi connectivity index (χ0n) is 14.9. The van der Waals surface area contributed by atoms with E-state index >= 15 is 0 Å². The number of hydrogen-bond donors (Lipinski definition) is 0. The predicted molar refractivity (Wildman–Crippen MR) is 102 cm³/mol. The van der Waals surface area contributed by atoms with Gasteiger partial charge in [-0.05, 0) is 49.7 Å². The van der Waals surface area contributed by atoms with Crippen molar-refractivity contribution < 1.29 is 0 Å². The molecule has 0 N–H and O–H groups in total. The van der Waals surface area contributed by atoms with Crippen LogP contribution in [0.25, 0.3) is 0 Å². The summed E-state index contributed by atoms with van der Waals surface area (Å²) in [5.74, 6) is 1.80. The van der Waals surface area contributed by atoms with Gasteiger partial charge < -0.3 is 0 Å². The van der Waals surface area contributed by atoms with Crippen molar-refractivity contribution in [2.45, 2.75) is 89.3 Å². The molecule has 130 valence electrons. The Morgan fingerprint density at radius 3 is 2.30 bits per heavy atom. The molecule has 0 spiro atoms. The van der Waals surface area contributed by atoms with Crippen molar-refractivity contribution in [3.05, 3.63) is 23.5 Å². The first-order chi connectivity index (χ1) is 11.2. The SMILES string of the molecule is CCCCCc1ccc(CC(Br)C2CCC(CCC)CC2)nn1. The topological polar surface area (TPSA) is 25.8 Å². The molecule has 1 atom stereocenters. The van der Waals surface area contributed by atoms with E-state index in [1.165, 1.54) is 57.8 Å². The molecule has 2 nitrogen and oxygen atoms in total. The minimum absolute atomic E-state index is 0.560. The molecule has 1 unspecified atom stereocenters. The van der Waals surface area contributed by atoms with E-state index < -0.39 is 0 Å². The Bertz CT molecular complexity index is 424. The van der Waals surface area contributed by atoms with Crippen LogP contribution in [0.3, 0.4) is 0 Å². The first kappa shape index (κ1) is 18.9. The van der Waals surface area contributed by atoms with E-state index in [1.54, 1.807) is 0 Å². The highest BCUT2D eigenvalue weighted by atomic mass is 79.9. The highest BCUT2D eigenvalue weighted by Gasteiger charge is 2.26. The lowest BCUT2D eigenvalue weighted by atomic mass is 9.78. The second-order valence-electron chi connectivity index (χ2n) is 7.26. The fraction of sp³-hybridized carbons (Fsp3) is 0.800. The Morgan fingerprint density at radius 2 is 1.70 bits per heavy atom. The van der Waals surface area contributed by atoms with E-state index in [-0.39, 0.29) is 0 Å². The van der Waals surface area contributed by atoms with Gasteiger partial charge in [0.1, 0.15) is 0 Å². The van der Waals surface area contributed by atoms with Crippen LogP contribution in [0.1, 0.15) is 83.0 Å². The molecule has 1 saturated carbocycles. The summed E-state index contributed by atoms with van der Waals surface area (Å²) in [6, 6.07) is 4.36. The Kier molecular flexibility index (Phi) is 8.57. The third-order valence-electron chi connectivity index (χ3n) is 5.32. The van der Waals surface area contributed by atoms with Gasteiger partial charge in [-0.1, -0.05) is 68.3 Å². The zero-order chi connectivity index (χ0) is 16.5. The summed E-state index contributed by atoms with van der Waals surface area (Å²) in [6.45, 7) is 4.55. The summed E-state index contributed by atoms with van der Waals surface area (Å²) >= 11 is 3.94. The summed E-state index contributed by atoms with van der Waals surface area (Å²) in [5, 5.41) is 8.87. The molecule has 0 aliphatic heterocycles. The minimum atomic E-state index is 0.560. The van der Waals surface area contributed by atoms with Crippen molar-refractivity contribution in [3.63, 3.8) is 0 Å². The molecule has 0 bridgehead atoms. The lowest BCUT2D eigenvalue weighted by Crippen LogP contribution is -2.23. The van der Waals surface area contributed by atoms with Crippen LogP contribution < -0.4 is 0 Å². The average Bonchev–Trinajstić information content (AvgIpc) is 2.57. The molecule has 1 aromatic heterocycles. The molecule has 1 fully saturated rings. The molecule has 0 radical (unpaired) electrons. The average molecular weight is 381 g/mol. The van der Waals surface area contributed by atoms with Crippen LogP contribution in [0.2, 0.25) is 0 Å². The van der Waals surface area contributed by atoms with E-state index in [1.807, 2.05) is 0 Å². The molecule has 1 aliphatic rings. The van der Waals surface area contributed by atoms with Gasteiger partial charge in [-0.2, -0.15) is 10.2 Å². The van der Waals surface area contributed by atoms with Crippen molar-refractivity contribution in [1.82, 2.24) is 10.2 Å². The Balaban J connectivity index is 1.75. The first-order valence-corrected chi connectivity index (χ1v) is 10.6. The monoisotopic (exact) mass is 380 g/mol. The fourth-order valence-corrected chi connectivity index (χ4v) is 4.66. The van der Waals surface area contributed by atoms with Gasteiger partial charge in [-0.25, -0.2) is 0 Å². The molecule has 1 aromatic rings. The highest BCUT2D eigenvalue weighted by Crippen LogP contribution is 2.36. The molecular weight excluding hydrogens is 348 g/mol. The number of rotatable bonds is 9. The number of halogens is 1. The van der Waals surface area contributed by atoms with E-state index in [0.717, 1.165) is 36.1 Å². The molecule has 3 heteroatoms. The van der Waals surface area contributed by atoms with Gasteiger partial charge in [0.15, 0.2) is 0 Å². The summed E-state index contributed by atoms with van der Waals surface area (Å²) in [6.07, 6.45) is 14.2. The van der Waals surface area contributed by atoms with Crippen LogP contribution in [0.4, 0.5) is 0 Å². The Morgan fingerprint density at radius 1 is 1.00 bits per heavy atom.